The van der Waals surface area contributed by atoms with Gasteiger partial charge in [0.25, 0.3) is 18.3 Å². The Morgan fingerprint density at radius 3 is 1.91 bits per heavy atom. The van der Waals surface area contributed by atoms with Gasteiger partial charge in [-0.15, -0.1) is 24.4 Å². The maximum absolute atomic E-state index is 12.6. The van der Waals surface area contributed by atoms with Crippen molar-refractivity contribution < 1.29 is 47.8 Å². The van der Waals surface area contributed by atoms with Crippen LogP contribution in [0.3, 0.4) is 0 Å². The number of piperidine rings is 2. The Hall–Kier alpha value is -4.22. The second kappa shape index (κ2) is 18.7. The molecule has 6 rings (SSSR count). The van der Waals surface area contributed by atoms with E-state index in [0.717, 1.165) is 20.9 Å². The zero-order valence-corrected chi connectivity index (χ0v) is 32.8. The monoisotopic (exact) mass is 832 g/mol. The number of thioether (sulfide) groups is 1. The molecule has 2 saturated heterocycles. The van der Waals surface area contributed by atoms with Gasteiger partial charge in [0.05, 0.1) is 6.42 Å². The number of alkyl halides is 1. The minimum Gasteiger partial charge on any atom is -0.467 e. The Labute approximate surface area is 325 Å². The number of thiol groups is 1. The molecule has 2 fully saturated rings. The number of carbonyl (C=O) groups is 8. The van der Waals surface area contributed by atoms with Gasteiger partial charge in [0.15, 0.2) is 0 Å². The molecule has 0 saturated carbocycles. The molecule has 2 unspecified atom stereocenters. The van der Waals surface area contributed by atoms with Gasteiger partial charge in [-0.05, 0) is 69.0 Å². The van der Waals surface area contributed by atoms with Gasteiger partial charge >= 0.3 is 5.97 Å². The fraction of sp³-hybridized carbons (Fsp3) is 0.444. The Bertz CT molecular complexity index is 1780. The quantitative estimate of drug-likeness (QED) is 0.0639. The molecule has 2 N–H and O–H groups in total. The highest BCUT2D eigenvalue weighted by molar-refractivity contribution is 9.09. The lowest BCUT2D eigenvalue weighted by Crippen LogP contribution is -2.52. The highest BCUT2D eigenvalue weighted by Gasteiger charge is 2.41. The molecule has 53 heavy (non-hydrogen) atoms. The minimum atomic E-state index is -0.612. The van der Waals surface area contributed by atoms with Crippen molar-refractivity contribution in [3.63, 3.8) is 0 Å². The number of rotatable bonds is 9. The molecule has 6 amide bonds. The lowest BCUT2D eigenvalue weighted by atomic mass is 10.0. The highest BCUT2D eigenvalue weighted by atomic mass is 79.9. The number of fused-ring (bicyclic) bond motifs is 2. The van der Waals surface area contributed by atoms with Gasteiger partial charge < -0.3 is 19.3 Å². The normalized spacial score (nSPS) is 19.2. The average Bonchev–Trinajstić information content (AvgIpc) is 3.60. The van der Waals surface area contributed by atoms with E-state index in [1.54, 1.807) is 24.3 Å². The van der Waals surface area contributed by atoms with Gasteiger partial charge in [-0.25, -0.2) is 0 Å². The molecule has 0 radical (unpaired) electrons. The van der Waals surface area contributed by atoms with Crippen LogP contribution in [0, 0.1) is 0 Å². The van der Waals surface area contributed by atoms with Crippen molar-refractivity contribution in [2.24, 2.45) is 0 Å². The summed E-state index contributed by atoms with van der Waals surface area (Å²) in [7, 11) is 0. The van der Waals surface area contributed by atoms with E-state index < -0.39 is 23.9 Å². The number of nitrogens with zero attached hydrogens (tertiary/aromatic N) is 2. The number of halogens is 1. The van der Waals surface area contributed by atoms with Crippen LogP contribution in [0.15, 0.2) is 46.2 Å². The predicted molar refractivity (Wildman–Crippen MR) is 199 cm³/mol. The molecule has 0 spiro atoms. The predicted octanol–water partition coefficient (Wildman–Crippen LogP) is 3.56. The standard InChI is InChI=1S/C16H16N2O5S.C13H12N2O3S.C7H13BrO2/c19-9-23-6-7-24-13-3-1-2-10-11(13)8-18(16(10)22)12-4-5-14(20)17-15(12)21;16-11-5-4-9(12(17)14-11)15-6-8-7(13(15)18)2-1-3-10(8)19;1-7(2,3)10-6(9)4-5-8/h1-3,9,12H,4-8H2,(H,17,20,21);1-3,9,19H,4-6H2,(H,14,16,17);4-5H2,1-3H3. The summed E-state index contributed by atoms with van der Waals surface area (Å²) < 4.78 is 9.68. The Morgan fingerprint density at radius 1 is 0.887 bits per heavy atom. The molecule has 4 aliphatic rings. The number of carbonyl (C=O) groups excluding carboxylic acids is 8. The van der Waals surface area contributed by atoms with E-state index in [-0.39, 0.29) is 48.0 Å². The van der Waals surface area contributed by atoms with Gasteiger partial charge in [-0.1, -0.05) is 28.1 Å². The fourth-order valence-corrected chi connectivity index (χ4v) is 7.50. The first kappa shape index (κ1) is 41.5. The summed E-state index contributed by atoms with van der Waals surface area (Å²) in [5.41, 5.74) is 2.56. The van der Waals surface area contributed by atoms with Crippen molar-refractivity contribution in [2.75, 3.05) is 17.7 Å². The summed E-state index contributed by atoms with van der Waals surface area (Å²) in [6, 6.07) is 9.61. The molecule has 14 nitrogen and oxygen atoms in total. The van der Waals surface area contributed by atoms with Crippen LogP contribution < -0.4 is 10.6 Å². The number of hydrogen-bond acceptors (Lipinski definition) is 12. The molecule has 2 aromatic carbocycles. The van der Waals surface area contributed by atoms with Crippen LogP contribution in [0.25, 0.3) is 0 Å². The molecule has 17 heteroatoms. The molecular weight excluding hydrogens is 792 g/mol. The number of amides is 6. The first-order chi connectivity index (χ1) is 25.1. The van der Waals surface area contributed by atoms with E-state index in [1.165, 1.54) is 21.6 Å². The van der Waals surface area contributed by atoms with Crippen molar-refractivity contribution in [1.29, 1.82) is 0 Å². The third-order valence-corrected chi connectivity index (χ3v) is 10.2. The van der Waals surface area contributed by atoms with Crippen LogP contribution in [0.1, 0.15) is 84.7 Å². The average molecular weight is 834 g/mol. The highest BCUT2D eigenvalue weighted by Crippen LogP contribution is 2.34. The molecule has 0 aromatic heterocycles. The van der Waals surface area contributed by atoms with Crippen LogP contribution in [0.5, 0.6) is 0 Å². The largest absolute Gasteiger partial charge is 0.467 e. The van der Waals surface area contributed by atoms with Crippen molar-refractivity contribution in [1.82, 2.24) is 20.4 Å². The first-order valence-corrected chi connectivity index (χ1v) is 19.4. The molecule has 284 valence electrons. The summed E-state index contributed by atoms with van der Waals surface area (Å²) in [5, 5.41) is 5.24. The van der Waals surface area contributed by atoms with Gasteiger partial charge in [0, 0.05) is 57.9 Å². The Balaban J connectivity index is 0.000000193. The van der Waals surface area contributed by atoms with Gasteiger partial charge in [-0.3, -0.25) is 49.0 Å². The maximum Gasteiger partial charge on any atom is 0.307 e. The van der Waals surface area contributed by atoms with Crippen molar-refractivity contribution in [2.45, 2.75) is 93.4 Å². The second-order valence-corrected chi connectivity index (χ2v) is 15.6. The van der Waals surface area contributed by atoms with E-state index in [1.807, 2.05) is 32.9 Å². The molecular formula is C36H41BrN4O10S2. The topological polar surface area (TPSA) is 186 Å². The summed E-state index contributed by atoms with van der Waals surface area (Å²) in [4.78, 5) is 96.9. The van der Waals surface area contributed by atoms with E-state index >= 15 is 0 Å². The lowest BCUT2D eigenvalue weighted by Gasteiger charge is -2.29. The van der Waals surface area contributed by atoms with Crippen molar-refractivity contribution in [3.8, 4) is 0 Å². The van der Waals surface area contributed by atoms with E-state index in [4.69, 9.17) is 4.74 Å². The van der Waals surface area contributed by atoms with Crippen LogP contribution >= 0.6 is 40.3 Å². The number of imide groups is 2. The number of esters is 1. The first-order valence-electron chi connectivity index (χ1n) is 16.8. The lowest BCUT2D eigenvalue weighted by molar-refractivity contribution is -0.154. The summed E-state index contributed by atoms with van der Waals surface area (Å²) in [6.45, 7) is 7.00. The van der Waals surface area contributed by atoms with Gasteiger partial charge in [0.1, 0.15) is 24.3 Å². The van der Waals surface area contributed by atoms with Crippen LogP contribution in [-0.4, -0.2) is 93.1 Å². The summed E-state index contributed by atoms with van der Waals surface area (Å²) >= 11 is 8.99. The summed E-state index contributed by atoms with van der Waals surface area (Å²) in [5.74, 6) is -1.30. The maximum atomic E-state index is 12.6. The van der Waals surface area contributed by atoms with E-state index in [0.29, 0.717) is 67.6 Å². The molecule has 0 bridgehead atoms. The second-order valence-electron chi connectivity index (χ2n) is 13.2. The van der Waals surface area contributed by atoms with Gasteiger partial charge in [-0.2, -0.15) is 0 Å². The molecule has 4 aliphatic heterocycles. The van der Waals surface area contributed by atoms with Crippen LogP contribution in [0.4, 0.5) is 0 Å². The van der Waals surface area contributed by atoms with E-state index in [9.17, 15) is 38.4 Å². The number of benzene rings is 2. The van der Waals surface area contributed by atoms with Crippen LogP contribution in [-0.2, 0) is 51.3 Å². The fourth-order valence-electron chi connectivity index (χ4n) is 5.98. The Kier molecular flexibility index (Phi) is 14.7. The molecule has 2 atom stereocenters. The smallest absolute Gasteiger partial charge is 0.307 e. The van der Waals surface area contributed by atoms with Crippen LogP contribution in [0.2, 0.25) is 0 Å². The minimum absolute atomic E-state index is 0.149. The third kappa shape index (κ3) is 10.9. The van der Waals surface area contributed by atoms with Crippen molar-refractivity contribution in [3.05, 3.63) is 58.7 Å². The zero-order chi connectivity index (χ0) is 38.9. The number of ether oxygens (including phenoxy) is 2. The van der Waals surface area contributed by atoms with Gasteiger partial charge in [0.2, 0.25) is 23.6 Å². The molecule has 0 aliphatic carbocycles. The molecule has 4 heterocycles. The van der Waals surface area contributed by atoms with E-state index in [2.05, 4.69) is 43.9 Å². The number of hydrogen-bond donors (Lipinski definition) is 3. The van der Waals surface area contributed by atoms with Crippen molar-refractivity contribution >= 4 is 88.2 Å². The SMILES string of the molecule is CC(C)(C)OC(=O)CCBr.O=C1CCC(N2Cc3c(S)cccc3C2=O)C(=O)N1.O=COCCSc1cccc2c1CN(C1CCC(=O)NC1=O)C2=O. The number of nitrogens with one attached hydrogen (secondary N) is 2. The summed E-state index contributed by atoms with van der Waals surface area (Å²) in [6.07, 6.45) is 1.68. The zero-order valence-electron chi connectivity index (χ0n) is 29.5. The molecule has 2 aromatic rings. The Morgan fingerprint density at radius 2 is 1.42 bits per heavy atom. The third-order valence-electron chi connectivity index (χ3n) is 8.34.